The van der Waals surface area contributed by atoms with Gasteiger partial charge in [0.2, 0.25) is 5.89 Å². The van der Waals surface area contributed by atoms with Crippen LogP contribution < -0.4 is 16.8 Å². The number of anilines is 2. The topological polar surface area (TPSA) is 120 Å². The van der Waals surface area contributed by atoms with E-state index in [9.17, 15) is 4.79 Å². The highest BCUT2D eigenvalue weighted by Gasteiger charge is 2.18. The highest BCUT2D eigenvalue weighted by molar-refractivity contribution is 7.99. The average molecular weight is 313 g/mol. The van der Waals surface area contributed by atoms with Crippen LogP contribution in [0.2, 0.25) is 0 Å². The van der Waals surface area contributed by atoms with Crippen LogP contribution in [0.3, 0.4) is 0 Å². The molecule has 7 nitrogen and oxygen atoms in total. The smallest absolute Gasteiger partial charge is 0.261 e. The van der Waals surface area contributed by atoms with E-state index in [1.54, 1.807) is 6.92 Å². The number of nitrogens with one attached hydrogen (secondary N) is 1. The molecule has 0 aliphatic carbocycles. The first-order valence-corrected chi connectivity index (χ1v) is 7.86. The highest BCUT2D eigenvalue weighted by atomic mass is 32.2. The van der Waals surface area contributed by atoms with Crippen molar-refractivity contribution in [2.24, 2.45) is 5.73 Å². The fourth-order valence-electron chi connectivity index (χ4n) is 1.66. The molecule has 2 heterocycles. The van der Waals surface area contributed by atoms with Crippen molar-refractivity contribution in [3.8, 4) is 0 Å². The van der Waals surface area contributed by atoms with Gasteiger partial charge in [0.15, 0.2) is 5.82 Å². The predicted octanol–water partition coefficient (Wildman–Crippen LogP) is 1.50. The first kappa shape index (κ1) is 14.7. The number of carbonyl (C=O) groups excluding carboxylic acids is 1. The number of carbonyl (C=O) groups is 1. The molecule has 0 unspecified atom stereocenters. The third kappa shape index (κ3) is 3.05. The molecule has 2 aromatic rings. The van der Waals surface area contributed by atoms with E-state index in [0.29, 0.717) is 35.2 Å². The third-order valence-corrected chi connectivity index (χ3v) is 4.67. The quantitative estimate of drug-likeness (QED) is 0.691. The Morgan fingerprint density at radius 3 is 2.85 bits per heavy atom. The van der Waals surface area contributed by atoms with Crippen molar-refractivity contribution in [3.63, 3.8) is 0 Å². The van der Waals surface area contributed by atoms with E-state index in [0.717, 1.165) is 9.90 Å². The Kier molecular flexibility index (Phi) is 4.50. The maximum atomic E-state index is 11.3. The molecule has 0 radical (unpaired) electrons. The standard InChI is InChI=1S/C11H15N5O2S2/c1-5-15-6(16-18-5)3-4-14-11-9(19-2)7(12)8(20-11)10(13)17/h14H,3-4,12H2,1-2H3,(H2,13,17). The first-order valence-electron chi connectivity index (χ1n) is 5.82. The van der Waals surface area contributed by atoms with Crippen molar-refractivity contribution >= 4 is 39.7 Å². The van der Waals surface area contributed by atoms with Crippen LogP contribution in [0.5, 0.6) is 0 Å². The summed E-state index contributed by atoms with van der Waals surface area (Å²) in [5.41, 5.74) is 11.6. The lowest BCUT2D eigenvalue weighted by Crippen LogP contribution is -2.10. The number of aryl methyl sites for hydroxylation is 1. The zero-order chi connectivity index (χ0) is 14.7. The monoisotopic (exact) mass is 313 g/mol. The molecule has 0 fully saturated rings. The van der Waals surface area contributed by atoms with Gasteiger partial charge in [-0.15, -0.1) is 23.1 Å². The Balaban J connectivity index is 2.05. The van der Waals surface area contributed by atoms with E-state index in [4.69, 9.17) is 16.0 Å². The summed E-state index contributed by atoms with van der Waals surface area (Å²) in [6, 6.07) is 0. The Morgan fingerprint density at radius 2 is 2.30 bits per heavy atom. The van der Waals surface area contributed by atoms with Gasteiger partial charge in [-0.2, -0.15) is 4.98 Å². The van der Waals surface area contributed by atoms with Crippen molar-refractivity contribution < 1.29 is 9.32 Å². The van der Waals surface area contributed by atoms with E-state index in [1.165, 1.54) is 23.1 Å². The van der Waals surface area contributed by atoms with E-state index < -0.39 is 5.91 Å². The summed E-state index contributed by atoms with van der Waals surface area (Å²) in [6.45, 7) is 2.36. The van der Waals surface area contributed by atoms with Gasteiger partial charge in [0, 0.05) is 19.9 Å². The lowest BCUT2D eigenvalue weighted by atomic mass is 10.3. The lowest BCUT2D eigenvalue weighted by Gasteiger charge is -2.04. The minimum absolute atomic E-state index is 0.382. The second-order valence-corrected chi connectivity index (χ2v) is 5.82. The lowest BCUT2D eigenvalue weighted by molar-refractivity contribution is 0.100. The number of hydrogen-bond donors (Lipinski definition) is 3. The van der Waals surface area contributed by atoms with Gasteiger partial charge in [-0.25, -0.2) is 0 Å². The predicted molar refractivity (Wildman–Crippen MR) is 80.3 cm³/mol. The Labute approximate surface area is 124 Å². The molecule has 2 rings (SSSR count). The fraction of sp³-hybridized carbons (Fsp3) is 0.364. The molecule has 0 atom stereocenters. The summed E-state index contributed by atoms with van der Waals surface area (Å²) in [4.78, 5) is 16.6. The largest absolute Gasteiger partial charge is 0.396 e. The minimum atomic E-state index is -0.510. The van der Waals surface area contributed by atoms with E-state index in [2.05, 4.69) is 15.5 Å². The van der Waals surface area contributed by atoms with Crippen LogP contribution in [0, 0.1) is 6.92 Å². The Morgan fingerprint density at radius 1 is 1.55 bits per heavy atom. The molecule has 0 aromatic carbocycles. The number of nitrogens with zero attached hydrogens (tertiary/aromatic N) is 2. The van der Waals surface area contributed by atoms with Crippen molar-refractivity contribution in [3.05, 3.63) is 16.6 Å². The van der Waals surface area contributed by atoms with E-state index in [1.807, 2.05) is 6.26 Å². The molecule has 0 aliphatic heterocycles. The molecule has 1 amide bonds. The zero-order valence-electron chi connectivity index (χ0n) is 11.1. The molecule has 0 saturated heterocycles. The van der Waals surface area contributed by atoms with Crippen LogP contribution in [0.4, 0.5) is 10.7 Å². The summed E-state index contributed by atoms with van der Waals surface area (Å²) >= 11 is 2.74. The Hall–Kier alpha value is -1.74. The van der Waals surface area contributed by atoms with Crippen LogP contribution in [-0.4, -0.2) is 28.8 Å². The second-order valence-electron chi connectivity index (χ2n) is 3.98. The molecule has 2 aromatic heterocycles. The number of amides is 1. The van der Waals surface area contributed by atoms with Gasteiger partial charge < -0.3 is 21.3 Å². The summed E-state index contributed by atoms with van der Waals surface area (Å²) in [5.74, 6) is 0.672. The average Bonchev–Trinajstić information content (AvgIpc) is 2.94. The number of nitrogens with two attached hydrogens (primary N) is 2. The fourth-order valence-corrected chi connectivity index (χ4v) is 3.57. The molecule has 0 aliphatic rings. The number of hydrogen-bond acceptors (Lipinski definition) is 8. The number of thioether (sulfide) groups is 1. The van der Waals surface area contributed by atoms with Crippen molar-refractivity contribution in [2.75, 3.05) is 23.9 Å². The van der Waals surface area contributed by atoms with Crippen molar-refractivity contribution in [2.45, 2.75) is 18.2 Å². The van der Waals surface area contributed by atoms with Crippen LogP contribution in [0.25, 0.3) is 0 Å². The molecule has 5 N–H and O–H groups in total. The second kappa shape index (κ2) is 6.14. The van der Waals surface area contributed by atoms with E-state index >= 15 is 0 Å². The summed E-state index contributed by atoms with van der Waals surface area (Å²) < 4.78 is 4.90. The maximum Gasteiger partial charge on any atom is 0.261 e. The van der Waals surface area contributed by atoms with Gasteiger partial charge in [-0.1, -0.05) is 5.16 Å². The Bertz CT molecular complexity index is 622. The summed E-state index contributed by atoms with van der Waals surface area (Å²) in [7, 11) is 0. The molecule has 9 heteroatoms. The van der Waals surface area contributed by atoms with Crippen molar-refractivity contribution in [1.29, 1.82) is 0 Å². The van der Waals surface area contributed by atoms with Gasteiger partial charge in [0.05, 0.1) is 10.6 Å². The van der Waals surface area contributed by atoms with Gasteiger partial charge in [0.25, 0.3) is 5.91 Å². The number of thiophene rings is 1. The number of aromatic nitrogens is 2. The van der Waals surface area contributed by atoms with Crippen LogP contribution in [-0.2, 0) is 6.42 Å². The zero-order valence-corrected chi connectivity index (χ0v) is 12.7. The number of primary amides is 1. The van der Waals surface area contributed by atoms with Gasteiger partial charge in [-0.3, -0.25) is 4.79 Å². The van der Waals surface area contributed by atoms with Crippen LogP contribution in [0.15, 0.2) is 9.42 Å². The highest BCUT2D eigenvalue weighted by Crippen LogP contribution is 2.41. The normalized spacial score (nSPS) is 10.7. The first-order chi connectivity index (χ1) is 9.52. The molecular formula is C11H15N5O2S2. The number of nitrogen functional groups attached to an aromatic ring is 1. The summed E-state index contributed by atoms with van der Waals surface area (Å²) in [6.07, 6.45) is 2.52. The van der Waals surface area contributed by atoms with E-state index in [-0.39, 0.29) is 0 Å². The number of rotatable bonds is 6. The molecule has 0 bridgehead atoms. The molecular weight excluding hydrogens is 298 g/mol. The molecule has 20 heavy (non-hydrogen) atoms. The van der Waals surface area contributed by atoms with Gasteiger partial charge in [0.1, 0.15) is 9.88 Å². The van der Waals surface area contributed by atoms with Crippen LogP contribution >= 0.6 is 23.1 Å². The minimum Gasteiger partial charge on any atom is -0.396 e. The molecule has 0 saturated carbocycles. The summed E-state index contributed by atoms with van der Waals surface area (Å²) in [5, 5.41) is 7.88. The van der Waals surface area contributed by atoms with Crippen LogP contribution in [0.1, 0.15) is 21.4 Å². The van der Waals surface area contributed by atoms with Crippen molar-refractivity contribution in [1.82, 2.24) is 10.1 Å². The SMILES string of the molecule is CSc1c(NCCc2noc(C)n2)sc(C(N)=O)c1N. The van der Waals surface area contributed by atoms with Gasteiger partial charge in [-0.05, 0) is 6.26 Å². The molecule has 0 spiro atoms. The molecule has 108 valence electrons. The third-order valence-electron chi connectivity index (χ3n) is 2.53. The maximum absolute atomic E-state index is 11.3. The van der Waals surface area contributed by atoms with Gasteiger partial charge >= 0.3 is 0 Å².